The molecule has 104 valence electrons. The van der Waals surface area contributed by atoms with Crippen molar-refractivity contribution < 1.29 is 4.74 Å². The quantitative estimate of drug-likeness (QED) is 0.638. The van der Waals surface area contributed by atoms with Crippen molar-refractivity contribution >= 4 is 0 Å². The first-order valence-electron chi connectivity index (χ1n) is 6.91. The van der Waals surface area contributed by atoms with Crippen LogP contribution < -0.4 is 5.32 Å². The molecular formula is C14H32N2O. The van der Waals surface area contributed by atoms with Gasteiger partial charge in [-0.1, -0.05) is 34.1 Å². The molecule has 2 unspecified atom stereocenters. The van der Waals surface area contributed by atoms with E-state index >= 15 is 0 Å². The molecule has 0 aromatic heterocycles. The van der Waals surface area contributed by atoms with Crippen LogP contribution in [0.5, 0.6) is 0 Å². The maximum Gasteiger partial charge on any atom is 0.0630 e. The zero-order chi connectivity index (χ0) is 13.3. The second-order valence-electron chi connectivity index (χ2n) is 5.61. The van der Waals surface area contributed by atoms with Crippen LogP contribution in [0.3, 0.4) is 0 Å². The number of hydrogen-bond acceptors (Lipinski definition) is 3. The first-order valence-corrected chi connectivity index (χ1v) is 6.91. The van der Waals surface area contributed by atoms with Crippen molar-refractivity contribution in [3.63, 3.8) is 0 Å². The summed E-state index contributed by atoms with van der Waals surface area (Å²) in [7, 11) is 3.99. The van der Waals surface area contributed by atoms with E-state index in [1.54, 1.807) is 7.11 Å². The average Bonchev–Trinajstić information content (AvgIpc) is 2.27. The molecule has 0 fully saturated rings. The van der Waals surface area contributed by atoms with Gasteiger partial charge in [0.2, 0.25) is 0 Å². The van der Waals surface area contributed by atoms with Gasteiger partial charge in [0.15, 0.2) is 0 Å². The smallest absolute Gasteiger partial charge is 0.0630 e. The third-order valence-corrected chi connectivity index (χ3v) is 3.21. The van der Waals surface area contributed by atoms with Crippen LogP contribution in [-0.2, 0) is 4.74 Å². The van der Waals surface area contributed by atoms with E-state index in [0.29, 0.717) is 12.0 Å². The molecule has 0 aromatic carbocycles. The van der Waals surface area contributed by atoms with Gasteiger partial charge in [-0.05, 0) is 25.4 Å². The SMILES string of the molecule is CCC(C)CN(C)C(CNCC(C)C)COC. The third kappa shape index (κ3) is 8.58. The van der Waals surface area contributed by atoms with Gasteiger partial charge >= 0.3 is 0 Å². The van der Waals surface area contributed by atoms with Crippen molar-refractivity contribution in [1.29, 1.82) is 0 Å². The number of rotatable bonds is 10. The summed E-state index contributed by atoms with van der Waals surface area (Å²) in [5.41, 5.74) is 0. The Labute approximate surface area is 108 Å². The highest BCUT2D eigenvalue weighted by atomic mass is 16.5. The number of ether oxygens (including phenoxy) is 1. The molecule has 17 heavy (non-hydrogen) atoms. The van der Waals surface area contributed by atoms with E-state index in [-0.39, 0.29) is 0 Å². The van der Waals surface area contributed by atoms with Crippen LogP contribution in [0.15, 0.2) is 0 Å². The largest absolute Gasteiger partial charge is 0.383 e. The van der Waals surface area contributed by atoms with Crippen molar-refractivity contribution in [2.75, 3.05) is 40.4 Å². The first-order chi connectivity index (χ1) is 8.01. The number of likely N-dealkylation sites (N-methyl/N-ethyl adjacent to an activating group) is 1. The van der Waals surface area contributed by atoms with E-state index < -0.39 is 0 Å². The molecule has 0 rings (SSSR count). The van der Waals surface area contributed by atoms with E-state index in [2.05, 4.69) is 45.0 Å². The Kier molecular flexibility index (Phi) is 9.79. The molecule has 1 N–H and O–H groups in total. The zero-order valence-corrected chi connectivity index (χ0v) is 12.6. The maximum absolute atomic E-state index is 5.32. The second-order valence-corrected chi connectivity index (χ2v) is 5.61. The Balaban J connectivity index is 4.01. The molecule has 0 heterocycles. The van der Waals surface area contributed by atoms with Crippen LogP contribution in [0, 0.1) is 11.8 Å². The van der Waals surface area contributed by atoms with Gasteiger partial charge in [-0.3, -0.25) is 4.90 Å². The van der Waals surface area contributed by atoms with Gasteiger partial charge in [0.05, 0.1) is 6.61 Å². The summed E-state index contributed by atoms with van der Waals surface area (Å²) in [4.78, 5) is 2.42. The van der Waals surface area contributed by atoms with Crippen LogP contribution >= 0.6 is 0 Å². The molecule has 3 nitrogen and oxygen atoms in total. The fourth-order valence-electron chi connectivity index (χ4n) is 1.84. The number of hydrogen-bond donors (Lipinski definition) is 1. The minimum absolute atomic E-state index is 0.479. The Morgan fingerprint density at radius 2 is 1.82 bits per heavy atom. The van der Waals surface area contributed by atoms with Crippen LogP contribution in [0.25, 0.3) is 0 Å². The predicted molar refractivity (Wildman–Crippen MR) is 75.5 cm³/mol. The fraction of sp³-hybridized carbons (Fsp3) is 1.00. The summed E-state index contributed by atoms with van der Waals surface area (Å²) in [6.07, 6.45) is 1.24. The van der Waals surface area contributed by atoms with Crippen LogP contribution in [0.1, 0.15) is 34.1 Å². The number of nitrogens with zero attached hydrogens (tertiary/aromatic N) is 1. The van der Waals surface area contributed by atoms with Gasteiger partial charge in [0.1, 0.15) is 0 Å². The summed E-state index contributed by atoms with van der Waals surface area (Å²) in [5.74, 6) is 1.46. The molecule has 2 atom stereocenters. The van der Waals surface area contributed by atoms with E-state index in [1.165, 1.54) is 6.42 Å². The van der Waals surface area contributed by atoms with Crippen molar-refractivity contribution in [1.82, 2.24) is 10.2 Å². The summed E-state index contributed by atoms with van der Waals surface area (Å²) < 4.78 is 5.32. The minimum atomic E-state index is 0.479. The van der Waals surface area contributed by atoms with Gasteiger partial charge in [0.25, 0.3) is 0 Å². The highest BCUT2D eigenvalue weighted by Gasteiger charge is 2.16. The van der Waals surface area contributed by atoms with Crippen molar-refractivity contribution in [3.05, 3.63) is 0 Å². The lowest BCUT2D eigenvalue weighted by atomic mass is 10.1. The Hall–Kier alpha value is -0.120. The van der Waals surface area contributed by atoms with E-state index in [9.17, 15) is 0 Å². The first kappa shape index (κ1) is 16.9. The molecule has 0 aliphatic carbocycles. The Morgan fingerprint density at radius 1 is 1.18 bits per heavy atom. The fourth-order valence-corrected chi connectivity index (χ4v) is 1.84. The summed E-state index contributed by atoms with van der Waals surface area (Å²) in [6, 6.07) is 0.479. The third-order valence-electron chi connectivity index (χ3n) is 3.21. The molecule has 0 spiro atoms. The van der Waals surface area contributed by atoms with E-state index in [1.807, 2.05) is 0 Å². The van der Waals surface area contributed by atoms with Crippen LogP contribution in [0.2, 0.25) is 0 Å². The lowest BCUT2D eigenvalue weighted by molar-refractivity contribution is 0.0962. The molecule has 0 aliphatic rings. The molecule has 0 bridgehead atoms. The molecule has 0 saturated carbocycles. The molecule has 0 amide bonds. The number of nitrogens with one attached hydrogen (secondary N) is 1. The highest BCUT2D eigenvalue weighted by Crippen LogP contribution is 2.06. The van der Waals surface area contributed by atoms with E-state index in [4.69, 9.17) is 4.74 Å². The predicted octanol–water partition coefficient (Wildman–Crippen LogP) is 2.22. The van der Waals surface area contributed by atoms with E-state index in [0.717, 1.165) is 32.2 Å². The van der Waals surface area contributed by atoms with Gasteiger partial charge in [-0.25, -0.2) is 0 Å². The molecule has 0 radical (unpaired) electrons. The normalized spacial score (nSPS) is 15.5. The Bertz CT molecular complexity index is 174. The maximum atomic E-state index is 5.32. The summed E-state index contributed by atoms with van der Waals surface area (Å²) in [6.45, 7) is 13.1. The topological polar surface area (TPSA) is 24.5 Å². The van der Waals surface area contributed by atoms with Crippen molar-refractivity contribution in [3.8, 4) is 0 Å². The molecule has 0 saturated heterocycles. The van der Waals surface area contributed by atoms with Gasteiger partial charge in [0, 0.05) is 26.2 Å². The second kappa shape index (κ2) is 9.86. The minimum Gasteiger partial charge on any atom is -0.383 e. The zero-order valence-electron chi connectivity index (χ0n) is 12.6. The molecule has 0 aromatic rings. The number of methoxy groups -OCH3 is 1. The van der Waals surface area contributed by atoms with Crippen molar-refractivity contribution in [2.24, 2.45) is 11.8 Å². The molecule has 0 aliphatic heterocycles. The summed E-state index contributed by atoms with van der Waals surface area (Å²) >= 11 is 0. The lowest BCUT2D eigenvalue weighted by Gasteiger charge is -2.30. The molecular weight excluding hydrogens is 212 g/mol. The van der Waals surface area contributed by atoms with Crippen LogP contribution in [0.4, 0.5) is 0 Å². The standard InChI is InChI=1S/C14H32N2O/c1-7-13(4)10-16(5)14(11-17-6)9-15-8-12(2)3/h12-15H,7-11H2,1-6H3. The lowest BCUT2D eigenvalue weighted by Crippen LogP contribution is -2.45. The van der Waals surface area contributed by atoms with Crippen molar-refractivity contribution in [2.45, 2.75) is 40.2 Å². The monoisotopic (exact) mass is 244 g/mol. The van der Waals surface area contributed by atoms with Gasteiger partial charge < -0.3 is 10.1 Å². The van der Waals surface area contributed by atoms with Crippen LogP contribution in [-0.4, -0.2) is 51.3 Å². The Morgan fingerprint density at radius 3 is 2.29 bits per heavy atom. The average molecular weight is 244 g/mol. The highest BCUT2D eigenvalue weighted by molar-refractivity contribution is 4.73. The van der Waals surface area contributed by atoms with Gasteiger partial charge in [-0.2, -0.15) is 0 Å². The summed E-state index contributed by atoms with van der Waals surface area (Å²) in [5, 5.41) is 3.52. The van der Waals surface area contributed by atoms with Gasteiger partial charge in [-0.15, -0.1) is 0 Å². The molecule has 3 heteroatoms.